The van der Waals surface area contributed by atoms with E-state index in [0.717, 1.165) is 0 Å². The highest BCUT2D eigenvalue weighted by Crippen LogP contribution is 2.14. The molecule has 10 heteroatoms. The van der Waals surface area contributed by atoms with E-state index in [2.05, 4.69) is 4.74 Å². The fourth-order valence-electron chi connectivity index (χ4n) is 1.41. The molecule has 104 valence electrons. The third kappa shape index (κ3) is 4.13. The van der Waals surface area contributed by atoms with E-state index in [1.165, 1.54) is 6.92 Å². The number of amides is 1. The predicted molar refractivity (Wildman–Crippen MR) is 57.9 cm³/mol. The van der Waals surface area contributed by atoms with E-state index in [0.29, 0.717) is 0 Å². The van der Waals surface area contributed by atoms with Gasteiger partial charge in [0.1, 0.15) is 0 Å². The van der Waals surface area contributed by atoms with Crippen molar-refractivity contribution in [1.82, 2.24) is 9.44 Å². The molecule has 0 radical (unpaired) electrons. The molecule has 2 unspecified atom stereocenters. The van der Waals surface area contributed by atoms with Gasteiger partial charge in [0.2, 0.25) is 0 Å². The molecule has 9 nitrogen and oxygen atoms in total. The van der Waals surface area contributed by atoms with Gasteiger partial charge in [0.05, 0.1) is 31.8 Å². The summed E-state index contributed by atoms with van der Waals surface area (Å²) in [6.45, 7) is 1.39. The smallest absolute Gasteiger partial charge is 0.421 e. The van der Waals surface area contributed by atoms with Gasteiger partial charge >= 0.3 is 22.3 Å². The lowest BCUT2D eigenvalue weighted by molar-refractivity contribution is -0.142. The van der Waals surface area contributed by atoms with Crippen molar-refractivity contribution in [2.24, 2.45) is 5.92 Å². The number of carboxylic acid groups (broad SMARTS) is 1. The first-order chi connectivity index (χ1) is 8.35. The van der Waals surface area contributed by atoms with Crippen LogP contribution in [-0.2, 0) is 24.5 Å². The summed E-state index contributed by atoms with van der Waals surface area (Å²) < 4.78 is 35.8. The molecule has 1 rings (SSSR count). The number of hydrogen-bond acceptors (Lipinski definition) is 6. The first kappa shape index (κ1) is 14.7. The Bertz CT molecular complexity index is 421. The van der Waals surface area contributed by atoms with Gasteiger partial charge in [-0.15, -0.1) is 0 Å². The van der Waals surface area contributed by atoms with Gasteiger partial charge in [-0.3, -0.25) is 4.79 Å². The molecule has 0 bridgehead atoms. The van der Waals surface area contributed by atoms with Gasteiger partial charge < -0.3 is 14.6 Å². The molecular weight excluding hydrogens is 268 g/mol. The molecule has 0 aromatic rings. The maximum atomic E-state index is 11.5. The fraction of sp³-hybridized carbons (Fsp3) is 0.750. The highest BCUT2D eigenvalue weighted by atomic mass is 32.2. The number of aliphatic carboxylic acids is 1. The minimum atomic E-state index is -4.17. The van der Waals surface area contributed by atoms with Gasteiger partial charge in [0.15, 0.2) is 0 Å². The normalized spacial score (nSPS) is 23.6. The number of hydrogen-bond donors (Lipinski definition) is 3. The summed E-state index contributed by atoms with van der Waals surface area (Å²) in [5.41, 5.74) is 0. The van der Waals surface area contributed by atoms with E-state index >= 15 is 0 Å². The third-order valence-corrected chi connectivity index (χ3v) is 3.25. The van der Waals surface area contributed by atoms with Crippen molar-refractivity contribution < 1.29 is 32.6 Å². The highest BCUT2D eigenvalue weighted by Gasteiger charge is 2.37. The Morgan fingerprint density at radius 1 is 1.44 bits per heavy atom. The van der Waals surface area contributed by atoms with E-state index in [9.17, 15) is 18.0 Å². The van der Waals surface area contributed by atoms with Crippen LogP contribution in [0.4, 0.5) is 4.79 Å². The van der Waals surface area contributed by atoms with Crippen LogP contribution in [0.5, 0.6) is 0 Å². The van der Waals surface area contributed by atoms with Crippen molar-refractivity contribution in [2.75, 3.05) is 19.8 Å². The number of nitrogens with one attached hydrogen (secondary N) is 2. The number of rotatable bonds is 5. The Kier molecular flexibility index (Phi) is 4.87. The second-order valence-electron chi connectivity index (χ2n) is 3.53. The van der Waals surface area contributed by atoms with Gasteiger partial charge in [0.25, 0.3) is 0 Å². The van der Waals surface area contributed by atoms with Crippen molar-refractivity contribution in [1.29, 1.82) is 0 Å². The SMILES string of the molecule is CCOC(=O)NS(=O)(=O)NC1COCC1C(=O)O. The van der Waals surface area contributed by atoms with Crippen LogP contribution in [0.1, 0.15) is 6.92 Å². The van der Waals surface area contributed by atoms with Crippen molar-refractivity contribution in [3.63, 3.8) is 0 Å². The zero-order chi connectivity index (χ0) is 13.8. The lowest BCUT2D eigenvalue weighted by Crippen LogP contribution is -2.49. The molecule has 1 fully saturated rings. The minimum absolute atomic E-state index is 0.0195. The van der Waals surface area contributed by atoms with E-state index in [1.807, 2.05) is 4.72 Å². The van der Waals surface area contributed by atoms with E-state index in [-0.39, 0.29) is 19.8 Å². The van der Waals surface area contributed by atoms with Crippen LogP contribution < -0.4 is 9.44 Å². The number of carbonyl (C=O) groups is 2. The van der Waals surface area contributed by atoms with Crippen LogP contribution in [0.15, 0.2) is 0 Å². The molecule has 1 aliphatic rings. The molecule has 2 atom stereocenters. The van der Waals surface area contributed by atoms with Crippen LogP contribution in [0.3, 0.4) is 0 Å². The molecule has 0 saturated carbocycles. The maximum absolute atomic E-state index is 11.5. The Labute approximate surface area is 104 Å². The maximum Gasteiger partial charge on any atom is 0.421 e. The molecule has 0 aromatic carbocycles. The first-order valence-corrected chi connectivity index (χ1v) is 6.61. The highest BCUT2D eigenvalue weighted by molar-refractivity contribution is 7.88. The predicted octanol–water partition coefficient (Wildman–Crippen LogP) is -1.33. The van der Waals surface area contributed by atoms with Crippen LogP contribution >= 0.6 is 0 Å². The molecule has 0 aromatic heterocycles. The van der Waals surface area contributed by atoms with Crippen molar-refractivity contribution in [3.8, 4) is 0 Å². The van der Waals surface area contributed by atoms with E-state index < -0.39 is 34.2 Å². The number of carbonyl (C=O) groups excluding carboxylic acids is 1. The quantitative estimate of drug-likeness (QED) is 0.569. The lowest BCUT2D eigenvalue weighted by Gasteiger charge is -2.15. The fourth-order valence-corrected chi connectivity index (χ4v) is 2.38. The van der Waals surface area contributed by atoms with Crippen LogP contribution in [-0.4, -0.2) is 51.4 Å². The van der Waals surface area contributed by atoms with Crippen LogP contribution in [0.25, 0.3) is 0 Å². The van der Waals surface area contributed by atoms with Crippen molar-refractivity contribution in [3.05, 3.63) is 0 Å². The third-order valence-electron chi connectivity index (χ3n) is 2.20. The Balaban J connectivity index is 2.60. The molecule has 18 heavy (non-hydrogen) atoms. The second kappa shape index (κ2) is 5.98. The Morgan fingerprint density at radius 2 is 2.11 bits per heavy atom. The number of carboxylic acids is 1. The lowest BCUT2D eigenvalue weighted by atomic mass is 10.1. The first-order valence-electron chi connectivity index (χ1n) is 5.13. The zero-order valence-corrected chi connectivity index (χ0v) is 10.4. The van der Waals surface area contributed by atoms with Gasteiger partial charge in [-0.25, -0.2) is 9.52 Å². The summed E-state index contributed by atoms with van der Waals surface area (Å²) in [4.78, 5) is 21.7. The summed E-state index contributed by atoms with van der Waals surface area (Å²) in [6.07, 6.45) is -1.13. The van der Waals surface area contributed by atoms with Gasteiger partial charge in [-0.1, -0.05) is 0 Å². The van der Waals surface area contributed by atoms with Gasteiger partial charge in [0, 0.05) is 0 Å². The molecule has 0 aliphatic carbocycles. The molecular formula is C8H14N2O7S. The second-order valence-corrected chi connectivity index (χ2v) is 4.98. The molecule has 1 aliphatic heterocycles. The molecule has 0 spiro atoms. The number of ether oxygens (including phenoxy) is 2. The van der Waals surface area contributed by atoms with Crippen molar-refractivity contribution in [2.45, 2.75) is 13.0 Å². The van der Waals surface area contributed by atoms with E-state index in [4.69, 9.17) is 9.84 Å². The average Bonchev–Trinajstić information content (AvgIpc) is 2.63. The molecule has 3 N–H and O–H groups in total. The van der Waals surface area contributed by atoms with E-state index in [1.54, 1.807) is 4.72 Å². The summed E-state index contributed by atoms with van der Waals surface area (Å²) in [6, 6.07) is -0.922. The van der Waals surface area contributed by atoms with Crippen LogP contribution in [0.2, 0.25) is 0 Å². The van der Waals surface area contributed by atoms with Crippen molar-refractivity contribution >= 4 is 22.3 Å². The monoisotopic (exact) mass is 282 g/mol. The summed E-state index contributed by atoms with van der Waals surface area (Å²) in [5, 5.41) is 8.82. The summed E-state index contributed by atoms with van der Waals surface area (Å²) in [7, 11) is -4.17. The average molecular weight is 282 g/mol. The zero-order valence-electron chi connectivity index (χ0n) is 9.58. The summed E-state index contributed by atoms with van der Waals surface area (Å²) >= 11 is 0. The van der Waals surface area contributed by atoms with Crippen LogP contribution in [0, 0.1) is 5.92 Å². The topological polar surface area (TPSA) is 131 Å². The Morgan fingerprint density at radius 3 is 2.67 bits per heavy atom. The standard InChI is InChI=1S/C8H14N2O7S/c1-2-17-8(13)10-18(14,15)9-6-4-16-3-5(6)7(11)12/h5-6,9H,2-4H2,1H3,(H,10,13)(H,11,12). The van der Waals surface area contributed by atoms with Gasteiger partial charge in [-0.2, -0.15) is 13.1 Å². The summed E-state index contributed by atoms with van der Waals surface area (Å²) in [5.74, 6) is -2.15. The molecule has 1 heterocycles. The minimum Gasteiger partial charge on any atom is -0.481 e. The largest absolute Gasteiger partial charge is 0.481 e. The molecule has 1 amide bonds. The molecule has 1 saturated heterocycles. The Hall–Kier alpha value is -1.39. The van der Waals surface area contributed by atoms with Gasteiger partial charge in [-0.05, 0) is 6.92 Å².